The van der Waals surface area contributed by atoms with Crippen molar-refractivity contribution >= 4 is 11.0 Å². The lowest BCUT2D eigenvalue weighted by Gasteiger charge is -2.10. The maximum absolute atomic E-state index is 12.2. The summed E-state index contributed by atoms with van der Waals surface area (Å²) in [6, 6.07) is 5.25. The minimum atomic E-state index is -1.11. The van der Waals surface area contributed by atoms with E-state index in [0.717, 1.165) is 0 Å². The highest BCUT2D eigenvalue weighted by Gasteiger charge is 2.26. The van der Waals surface area contributed by atoms with Crippen LogP contribution in [0.2, 0.25) is 0 Å². The molecule has 3 rings (SSSR count). The minimum absolute atomic E-state index is 0.0561. The molecule has 0 aliphatic heterocycles. The van der Waals surface area contributed by atoms with Crippen molar-refractivity contribution in [3.63, 3.8) is 0 Å². The summed E-state index contributed by atoms with van der Waals surface area (Å²) in [5.74, 6) is -5.45. The maximum Gasteiger partial charge on any atom is 0.239 e. The number of phenolic OH excluding ortho intramolecular Hbond substituents is 5. The van der Waals surface area contributed by atoms with Gasteiger partial charge in [0.05, 0.1) is 0 Å². The van der Waals surface area contributed by atoms with Gasteiger partial charge in [-0.2, -0.15) is 0 Å². The van der Waals surface area contributed by atoms with E-state index in [-0.39, 0.29) is 17.1 Å². The fraction of sp³-hybridized carbons (Fsp3) is 0. The average molecular weight is 318 g/mol. The van der Waals surface area contributed by atoms with E-state index in [1.54, 1.807) is 0 Å². The molecule has 0 aliphatic carbocycles. The molecule has 1 aromatic heterocycles. The molecule has 2 aromatic carbocycles. The number of fused-ring (bicyclic) bond motifs is 1. The molecule has 0 aliphatic rings. The Kier molecular flexibility index (Phi) is 2.96. The second-order valence-corrected chi connectivity index (χ2v) is 4.75. The molecule has 0 atom stereocenters. The van der Waals surface area contributed by atoms with E-state index in [0.29, 0.717) is 0 Å². The summed E-state index contributed by atoms with van der Waals surface area (Å²) in [5.41, 5.74) is -1.52. The number of hydrogen-bond acceptors (Lipinski definition) is 8. The quantitative estimate of drug-likeness (QED) is 0.293. The number of benzene rings is 2. The first-order valence-electron chi connectivity index (χ1n) is 6.28. The fourth-order valence-electron chi connectivity index (χ4n) is 2.17. The van der Waals surface area contributed by atoms with E-state index >= 15 is 0 Å². The van der Waals surface area contributed by atoms with Crippen LogP contribution in [-0.4, -0.2) is 30.6 Å². The highest BCUT2D eigenvalue weighted by molar-refractivity contribution is 5.95. The lowest BCUT2D eigenvalue weighted by molar-refractivity contribution is 0.345. The van der Waals surface area contributed by atoms with Gasteiger partial charge in [-0.05, 0) is 24.3 Å². The molecule has 0 amide bonds. The zero-order valence-electron chi connectivity index (χ0n) is 11.3. The zero-order valence-corrected chi connectivity index (χ0v) is 11.3. The number of hydrogen-bond donors (Lipinski definition) is 6. The summed E-state index contributed by atoms with van der Waals surface area (Å²) in [6.45, 7) is 0. The van der Waals surface area contributed by atoms with Crippen LogP contribution < -0.4 is 5.43 Å². The van der Waals surface area contributed by atoms with Crippen molar-refractivity contribution in [1.29, 1.82) is 0 Å². The van der Waals surface area contributed by atoms with Crippen LogP contribution in [0.15, 0.2) is 33.5 Å². The summed E-state index contributed by atoms with van der Waals surface area (Å²) >= 11 is 0. The van der Waals surface area contributed by atoms with Crippen LogP contribution in [0.4, 0.5) is 0 Å². The normalized spacial score (nSPS) is 11.0. The Morgan fingerprint density at radius 2 is 1.26 bits per heavy atom. The van der Waals surface area contributed by atoms with E-state index in [9.17, 15) is 35.4 Å². The first-order chi connectivity index (χ1) is 10.8. The van der Waals surface area contributed by atoms with Crippen LogP contribution in [-0.2, 0) is 0 Å². The van der Waals surface area contributed by atoms with Gasteiger partial charge in [0, 0.05) is 5.56 Å². The molecule has 0 spiro atoms. The molecule has 3 aromatic rings. The van der Waals surface area contributed by atoms with Crippen LogP contribution in [0.3, 0.4) is 0 Å². The van der Waals surface area contributed by atoms with E-state index in [2.05, 4.69) is 0 Å². The topological polar surface area (TPSA) is 152 Å². The van der Waals surface area contributed by atoms with E-state index in [4.69, 9.17) is 4.42 Å². The standard InChI is InChI=1S/C15H10O8/c16-6-3-1-5(2-4-6)14-12(21)9(18)7-8(17)10(19)11(20)13(22)15(7)23-14/h1-4,16-17,19-22H. The lowest BCUT2D eigenvalue weighted by atomic mass is 10.1. The number of phenols is 5. The molecule has 0 unspecified atom stereocenters. The van der Waals surface area contributed by atoms with Gasteiger partial charge in [0.25, 0.3) is 0 Å². The summed E-state index contributed by atoms with van der Waals surface area (Å²) in [4.78, 5) is 12.2. The molecular weight excluding hydrogens is 308 g/mol. The first-order valence-corrected chi connectivity index (χ1v) is 6.28. The van der Waals surface area contributed by atoms with Gasteiger partial charge in [-0.3, -0.25) is 4.79 Å². The van der Waals surface area contributed by atoms with Crippen LogP contribution in [0.5, 0.6) is 34.5 Å². The van der Waals surface area contributed by atoms with E-state index < -0.39 is 45.1 Å². The maximum atomic E-state index is 12.2. The summed E-state index contributed by atoms with van der Waals surface area (Å²) in [7, 11) is 0. The molecule has 8 nitrogen and oxygen atoms in total. The average Bonchev–Trinajstić information content (AvgIpc) is 2.54. The Morgan fingerprint density at radius 1 is 0.696 bits per heavy atom. The van der Waals surface area contributed by atoms with Crippen LogP contribution in [0, 0.1) is 0 Å². The van der Waals surface area contributed by atoms with Crippen molar-refractivity contribution in [3.05, 3.63) is 34.5 Å². The van der Waals surface area contributed by atoms with Gasteiger partial charge in [0.2, 0.25) is 28.4 Å². The molecule has 0 fully saturated rings. The molecule has 1 heterocycles. The molecule has 6 N–H and O–H groups in total. The first kappa shape index (κ1) is 14.4. The van der Waals surface area contributed by atoms with Gasteiger partial charge in [-0.15, -0.1) is 0 Å². The third-order valence-corrected chi connectivity index (χ3v) is 3.34. The smallest absolute Gasteiger partial charge is 0.239 e. The van der Waals surface area contributed by atoms with Gasteiger partial charge in [-0.25, -0.2) is 0 Å². The van der Waals surface area contributed by atoms with Crippen LogP contribution in [0.1, 0.15) is 0 Å². The number of aromatic hydroxyl groups is 6. The molecule has 0 bridgehead atoms. The second kappa shape index (κ2) is 4.73. The Bertz CT molecular complexity index is 986. The molecule has 0 saturated carbocycles. The molecule has 23 heavy (non-hydrogen) atoms. The monoisotopic (exact) mass is 318 g/mol. The summed E-state index contributed by atoms with van der Waals surface area (Å²) < 4.78 is 5.23. The predicted molar refractivity (Wildman–Crippen MR) is 77.9 cm³/mol. The van der Waals surface area contributed by atoms with Crippen molar-refractivity contribution in [2.45, 2.75) is 0 Å². The van der Waals surface area contributed by atoms with Gasteiger partial charge < -0.3 is 35.1 Å². The second-order valence-electron chi connectivity index (χ2n) is 4.75. The van der Waals surface area contributed by atoms with Crippen molar-refractivity contribution in [2.75, 3.05) is 0 Å². The van der Waals surface area contributed by atoms with Gasteiger partial charge >= 0.3 is 0 Å². The Labute approximate surface area is 127 Å². The third-order valence-electron chi connectivity index (χ3n) is 3.34. The molecule has 8 heteroatoms. The molecule has 0 radical (unpaired) electrons. The zero-order chi connectivity index (χ0) is 16.9. The lowest BCUT2D eigenvalue weighted by Crippen LogP contribution is -2.03. The van der Waals surface area contributed by atoms with Crippen molar-refractivity contribution in [3.8, 4) is 45.8 Å². The highest BCUT2D eigenvalue weighted by Crippen LogP contribution is 2.49. The van der Waals surface area contributed by atoms with E-state index in [1.807, 2.05) is 0 Å². The Hall–Kier alpha value is -3.55. The summed E-state index contributed by atoms with van der Waals surface area (Å²) in [6.07, 6.45) is 0. The van der Waals surface area contributed by atoms with Crippen LogP contribution in [0.25, 0.3) is 22.3 Å². The van der Waals surface area contributed by atoms with Gasteiger partial charge in [-0.1, -0.05) is 0 Å². The summed E-state index contributed by atoms with van der Waals surface area (Å²) in [5, 5.41) is 57.1. The Morgan fingerprint density at radius 3 is 1.87 bits per heavy atom. The van der Waals surface area contributed by atoms with Crippen LogP contribution >= 0.6 is 0 Å². The molecule has 118 valence electrons. The molecule has 0 saturated heterocycles. The van der Waals surface area contributed by atoms with Gasteiger partial charge in [0.1, 0.15) is 11.1 Å². The molecular formula is C15H10O8. The fourth-order valence-corrected chi connectivity index (χ4v) is 2.17. The largest absolute Gasteiger partial charge is 0.508 e. The van der Waals surface area contributed by atoms with Crippen molar-refractivity contribution in [2.24, 2.45) is 0 Å². The predicted octanol–water partition coefficient (Wildman–Crippen LogP) is 1.69. The Balaban J connectivity index is 2.46. The number of rotatable bonds is 1. The van der Waals surface area contributed by atoms with Crippen molar-refractivity contribution < 1.29 is 35.1 Å². The third kappa shape index (κ3) is 1.96. The minimum Gasteiger partial charge on any atom is -0.508 e. The van der Waals surface area contributed by atoms with Crippen molar-refractivity contribution in [1.82, 2.24) is 0 Å². The van der Waals surface area contributed by atoms with E-state index in [1.165, 1.54) is 24.3 Å². The van der Waals surface area contributed by atoms with Gasteiger partial charge in [0.15, 0.2) is 17.1 Å². The highest BCUT2D eigenvalue weighted by atomic mass is 16.4. The SMILES string of the molecule is O=c1c(O)c(-c2ccc(O)cc2)oc2c(O)c(O)c(O)c(O)c12.